The molecule has 3 heterocycles. The summed E-state index contributed by atoms with van der Waals surface area (Å²) in [5.41, 5.74) is 3.20. The predicted molar refractivity (Wildman–Crippen MR) is 103 cm³/mol. The molecule has 0 saturated heterocycles. The van der Waals surface area contributed by atoms with Gasteiger partial charge < -0.3 is 15.6 Å². The number of carbonyl (C=O) groups excluding carboxylic acids is 1. The van der Waals surface area contributed by atoms with E-state index in [0.29, 0.717) is 30.3 Å². The minimum atomic E-state index is -0.152. The number of imidazole rings is 1. The average Bonchev–Trinajstić information content (AvgIpc) is 3.13. The molecule has 2 aromatic heterocycles. The lowest BCUT2D eigenvalue weighted by molar-refractivity contribution is 0.0940. The molecule has 0 bridgehead atoms. The van der Waals surface area contributed by atoms with Crippen LogP contribution in [-0.2, 0) is 6.42 Å². The van der Waals surface area contributed by atoms with E-state index in [1.165, 1.54) is 0 Å². The van der Waals surface area contributed by atoms with Crippen molar-refractivity contribution in [3.05, 3.63) is 59.3 Å². The van der Waals surface area contributed by atoms with E-state index < -0.39 is 0 Å². The summed E-state index contributed by atoms with van der Waals surface area (Å²) in [5, 5.41) is 6.36. The standard InChI is InChI=1S/C20H22N6O/c1-3-15(19-22-11-12(2)23-19)24-18-14-9-10-21-20(27)16(14)25-17(26-18)13-7-5-4-6-8-13/h4-8,11,15H,3,9-10H2,1-2H3,(H,21,27)(H,22,23)(H,24,25,26). The number of aromatic nitrogens is 4. The SMILES string of the molecule is CCC(Nc1nc(-c2ccccc2)nc2c1CCNC2=O)c1ncc(C)[nH]1. The number of aromatic amines is 1. The average molecular weight is 362 g/mol. The number of carbonyl (C=O) groups is 1. The summed E-state index contributed by atoms with van der Waals surface area (Å²) in [5.74, 6) is 1.96. The maximum Gasteiger partial charge on any atom is 0.270 e. The fourth-order valence-corrected chi connectivity index (χ4v) is 3.27. The number of anilines is 1. The Morgan fingerprint density at radius 2 is 2.04 bits per heavy atom. The van der Waals surface area contributed by atoms with Gasteiger partial charge in [-0.1, -0.05) is 37.3 Å². The van der Waals surface area contributed by atoms with E-state index in [1.807, 2.05) is 43.5 Å². The molecule has 1 aromatic carbocycles. The van der Waals surface area contributed by atoms with Gasteiger partial charge in [0, 0.05) is 29.6 Å². The topological polar surface area (TPSA) is 95.6 Å². The number of aryl methyl sites for hydroxylation is 1. The molecule has 0 fully saturated rings. The number of nitrogens with zero attached hydrogens (tertiary/aromatic N) is 3. The summed E-state index contributed by atoms with van der Waals surface area (Å²) in [7, 11) is 0. The maximum absolute atomic E-state index is 12.4. The molecule has 0 radical (unpaired) electrons. The Balaban J connectivity index is 1.78. The van der Waals surface area contributed by atoms with E-state index in [1.54, 1.807) is 0 Å². The van der Waals surface area contributed by atoms with Crippen molar-refractivity contribution in [1.82, 2.24) is 25.3 Å². The number of nitrogens with one attached hydrogen (secondary N) is 3. The highest BCUT2D eigenvalue weighted by Gasteiger charge is 2.25. The molecule has 3 aromatic rings. The molecule has 138 valence electrons. The Morgan fingerprint density at radius 3 is 2.74 bits per heavy atom. The second kappa shape index (κ2) is 7.19. The smallest absolute Gasteiger partial charge is 0.270 e. The Hall–Kier alpha value is -3.22. The van der Waals surface area contributed by atoms with Crippen LogP contribution in [0.3, 0.4) is 0 Å². The number of fused-ring (bicyclic) bond motifs is 1. The van der Waals surface area contributed by atoms with Gasteiger partial charge in [0.15, 0.2) is 5.82 Å². The van der Waals surface area contributed by atoms with Crippen molar-refractivity contribution in [3.8, 4) is 11.4 Å². The first kappa shape index (κ1) is 17.2. The molecular formula is C20H22N6O. The fourth-order valence-electron chi connectivity index (χ4n) is 3.27. The summed E-state index contributed by atoms with van der Waals surface area (Å²) in [6.07, 6.45) is 3.35. The van der Waals surface area contributed by atoms with Crippen LogP contribution in [-0.4, -0.2) is 32.4 Å². The lowest BCUT2D eigenvalue weighted by Crippen LogP contribution is -2.34. The summed E-state index contributed by atoms with van der Waals surface area (Å²) >= 11 is 0. The molecule has 3 N–H and O–H groups in total. The van der Waals surface area contributed by atoms with Crippen LogP contribution in [0.2, 0.25) is 0 Å². The molecule has 0 aliphatic carbocycles. The second-order valence-electron chi connectivity index (χ2n) is 6.65. The zero-order valence-corrected chi connectivity index (χ0v) is 15.4. The van der Waals surface area contributed by atoms with Gasteiger partial charge >= 0.3 is 0 Å². The van der Waals surface area contributed by atoms with Gasteiger partial charge in [-0.25, -0.2) is 15.0 Å². The van der Waals surface area contributed by atoms with Crippen LogP contribution in [0.5, 0.6) is 0 Å². The normalized spacial score (nSPS) is 14.4. The monoisotopic (exact) mass is 362 g/mol. The number of hydrogen-bond acceptors (Lipinski definition) is 5. The quantitative estimate of drug-likeness (QED) is 0.648. The van der Waals surface area contributed by atoms with Crippen LogP contribution in [0.15, 0.2) is 36.5 Å². The van der Waals surface area contributed by atoms with E-state index in [-0.39, 0.29) is 11.9 Å². The third-order valence-electron chi connectivity index (χ3n) is 4.69. The van der Waals surface area contributed by atoms with Crippen LogP contribution >= 0.6 is 0 Å². The highest BCUT2D eigenvalue weighted by atomic mass is 16.1. The molecule has 0 spiro atoms. The van der Waals surface area contributed by atoms with Crippen LogP contribution in [0, 0.1) is 6.92 Å². The number of hydrogen-bond donors (Lipinski definition) is 3. The van der Waals surface area contributed by atoms with E-state index in [9.17, 15) is 4.79 Å². The molecule has 1 aliphatic rings. The lowest BCUT2D eigenvalue weighted by atomic mass is 10.0. The number of amides is 1. The zero-order chi connectivity index (χ0) is 18.8. The first-order chi connectivity index (χ1) is 13.2. The van der Waals surface area contributed by atoms with Crippen molar-refractivity contribution in [2.45, 2.75) is 32.7 Å². The summed E-state index contributed by atoms with van der Waals surface area (Å²) < 4.78 is 0. The van der Waals surface area contributed by atoms with Crippen LogP contribution < -0.4 is 10.6 Å². The molecule has 1 atom stereocenters. The molecule has 27 heavy (non-hydrogen) atoms. The van der Waals surface area contributed by atoms with Crippen molar-refractivity contribution in [1.29, 1.82) is 0 Å². The number of H-pyrrole nitrogens is 1. The summed E-state index contributed by atoms with van der Waals surface area (Å²) in [6.45, 7) is 4.66. The van der Waals surface area contributed by atoms with Gasteiger partial charge in [-0.15, -0.1) is 0 Å². The van der Waals surface area contributed by atoms with Gasteiger partial charge in [-0.2, -0.15) is 0 Å². The van der Waals surface area contributed by atoms with E-state index in [2.05, 4.69) is 32.5 Å². The first-order valence-corrected chi connectivity index (χ1v) is 9.18. The van der Waals surface area contributed by atoms with Gasteiger partial charge in [0.2, 0.25) is 0 Å². The minimum Gasteiger partial charge on any atom is -0.360 e. The molecule has 7 heteroatoms. The van der Waals surface area contributed by atoms with Crippen molar-refractivity contribution in [2.24, 2.45) is 0 Å². The Labute approximate surface area is 157 Å². The highest BCUT2D eigenvalue weighted by Crippen LogP contribution is 2.28. The maximum atomic E-state index is 12.4. The molecule has 7 nitrogen and oxygen atoms in total. The van der Waals surface area contributed by atoms with Gasteiger partial charge in [-0.3, -0.25) is 4.79 Å². The fraction of sp³-hybridized carbons (Fsp3) is 0.300. The third kappa shape index (κ3) is 3.40. The van der Waals surface area contributed by atoms with Gasteiger partial charge in [0.1, 0.15) is 17.3 Å². The van der Waals surface area contributed by atoms with E-state index >= 15 is 0 Å². The number of benzene rings is 1. The largest absolute Gasteiger partial charge is 0.360 e. The zero-order valence-electron chi connectivity index (χ0n) is 15.4. The van der Waals surface area contributed by atoms with Crippen LogP contribution in [0.25, 0.3) is 11.4 Å². The number of rotatable bonds is 5. The molecule has 1 amide bonds. The second-order valence-corrected chi connectivity index (χ2v) is 6.65. The molecule has 4 rings (SSSR count). The summed E-state index contributed by atoms with van der Waals surface area (Å²) in [4.78, 5) is 29.5. The third-order valence-corrected chi connectivity index (χ3v) is 4.69. The molecular weight excluding hydrogens is 340 g/mol. The predicted octanol–water partition coefficient (Wildman–Crippen LogP) is 3.02. The first-order valence-electron chi connectivity index (χ1n) is 9.18. The van der Waals surface area contributed by atoms with Crippen molar-refractivity contribution in [2.75, 3.05) is 11.9 Å². The minimum absolute atomic E-state index is 0.0219. The van der Waals surface area contributed by atoms with E-state index in [4.69, 9.17) is 4.98 Å². The van der Waals surface area contributed by atoms with E-state index in [0.717, 1.165) is 29.1 Å². The Kier molecular flexibility index (Phi) is 4.58. The van der Waals surface area contributed by atoms with Gasteiger partial charge in [-0.05, 0) is 19.8 Å². The Morgan fingerprint density at radius 1 is 1.22 bits per heavy atom. The molecule has 0 saturated carbocycles. The van der Waals surface area contributed by atoms with Crippen molar-refractivity contribution < 1.29 is 4.79 Å². The molecule has 1 unspecified atom stereocenters. The Bertz CT molecular complexity index is 966. The van der Waals surface area contributed by atoms with Crippen LogP contribution in [0.1, 0.15) is 47.0 Å². The van der Waals surface area contributed by atoms with Gasteiger partial charge in [0.05, 0.1) is 6.04 Å². The lowest BCUT2D eigenvalue weighted by Gasteiger charge is -2.23. The highest BCUT2D eigenvalue weighted by molar-refractivity contribution is 5.96. The van der Waals surface area contributed by atoms with Gasteiger partial charge in [0.25, 0.3) is 5.91 Å². The van der Waals surface area contributed by atoms with Crippen molar-refractivity contribution in [3.63, 3.8) is 0 Å². The summed E-state index contributed by atoms with van der Waals surface area (Å²) in [6, 6.07) is 9.68. The van der Waals surface area contributed by atoms with Crippen LogP contribution in [0.4, 0.5) is 5.82 Å². The molecule has 1 aliphatic heterocycles. The van der Waals surface area contributed by atoms with Crippen molar-refractivity contribution >= 4 is 11.7 Å².